The van der Waals surface area contributed by atoms with E-state index in [9.17, 15) is 14.9 Å². The van der Waals surface area contributed by atoms with Gasteiger partial charge in [0.25, 0.3) is 11.6 Å². The molecule has 4 rings (SSSR count). The molecule has 29 heavy (non-hydrogen) atoms. The lowest BCUT2D eigenvalue weighted by molar-refractivity contribution is -0.384. The fourth-order valence-corrected chi connectivity index (χ4v) is 3.28. The van der Waals surface area contributed by atoms with Crippen molar-refractivity contribution in [3.63, 3.8) is 0 Å². The number of hydrogen-bond acceptors (Lipinski definition) is 7. The molecule has 1 aromatic heterocycles. The van der Waals surface area contributed by atoms with Crippen molar-refractivity contribution in [1.29, 1.82) is 0 Å². The number of amides is 1. The molecule has 1 saturated carbocycles. The first-order valence-electron chi connectivity index (χ1n) is 9.75. The summed E-state index contributed by atoms with van der Waals surface area (Å²) >= 11 is 0. The lowest BCUT2D eigenvalue weighted by Gasteiger charge is -2.33. The minimum atomic E-state index is -0.464. The smallest absolute Gasteiger partial charge is 0.293 e. The molecule has 9 heteroatoms. The van der Waals surface area contributed by atoms with Gasteiger partial charge in [0.05, 0.1) is 16.8 Å². The SMILES string of the molecule is CN1CCN(c2ccc(NC(=O)c3ccc(NC4CC4)c([N+](=O)[O-])c3)cn2)CC1. The third-order valence-electron chi connectivity index (χ3n) is 5.23. The number of piperazine rings is 1. The maximum atomic E-state index is 12.6. The zero-order chi connectivity index (χ0) is 20.4. The van der Waals surface area contributed by atoms with E-state index < -0.39 is 10.8 Å². The maximum Gasteiger partial charge on any atom is 0.293 e. The Hall–Kier alpha value is -3.20. The van der Waals surface area contributed by atoms with Crippen molar-refractivity contribution < 1.29 is 9.72 Å². The fourth-order valence-electron chi connectivity index (χ4n) is 3.28. The van der Waals surface area contributed by atoms with Gasteiger partial charge in [-0.3, -0.25) is 14.9 Å². The van der Waals surface area contributed by atoms with E-state index in [1.807, 2.05) is 6.07 Å². The summed E-state index contributed by atoms with van der Waals surface area (Å²) in [6.45, 7) is 3.81. The predicted molar refractivity (Wildman–Crippen MR) is 112 cm³/mol. The van der Waals surface area contributed by atoms with E-state index >= 15 is 0 Å². The Morgan fingerprint density at radius 3 is 2.55 bits per heavy atom. The highest BCUT2D eigenvalue weighted by molar-refractivity contribution is 6.05. The van der Waals surface area contributed by atoms with Crippen LogP contribution in [0.25, 0.3) is 0 Å². The molecular weight excluding hydrogens is 372 g/mol. The van der Waals surface area contributed by atoms with Crippen molar-refractivity contribution >= 4 is 28.8 Å². The highest BCUT2D eigenvalue weighted by Crippen LogP contribution is 2.31. The highest BCUT2D eigenvalue weighted by atomic mass is 16.6. The van der Waals surface area contributed by atoms with Gasteiger partial charge < -0.3 is 20.4 Å². The lowest BCUT2D eigenvalue weighted by Crippen LogP contribution is -2.44. The number of nitrogens with zero attached hydrogens (tertiary/aromatic N) is 4. The summed E-state index contributed by atoms with van der Waals surface area (Å²) in [4.78, 5) is 32.4. The second-order valence-electron chi connectivity index (χ2n) is 7.56. The van der Waals surface area contributed by atoms with Crippen LogP contribution in [0.4, 0.5) is 22.9 Å². The van der Waals surface area contributed by atoms with Crippen LogP contribution in [-0.2, 0) is 0 Å². The normalized spacial score (nSPS) is 17.1. The van der Waals surface area contributed by atoms with Gasteiger partial charge in [-0.25, -0.2) is 4.98 Å². The molecule has 2 fully saturated rings. The molecule has 0 unspecified atom stereocenters. The number of aromatic nitrogens is 1. The molecule has 0 atom stereocenters. The van der Waals surface area contributed by atoms with Crippen LogP contribution in [-0.4, -0.2) is 60.0 Å². The highest BCUT2D eigenvalue weighted by Gasteiger charge is 2.25. The number of nitro groups is 1. The van der Waals surface area contributed by atoms with Gasteiger partial charge >= 0.3 is 0 Å². The van der Waals surface area contributed by atoms with Gasteiger partial charge in [0.2, 0.25) is 0 Å². The van der Waals surface area contributed by atoms with Crippen molar-refractivity contribution in [3.8, 4) is 0 Å². The molecule has 1 aliphatic heterocycles. The lowest BCUT2D eigenvalue weighted by atomic mass is 10.1. The van der Waals surface area contributed by atoms with Crippen molar-refractivity contribution in [3.05, 3.63) is 52.2 Å². The molecule has 0 radical (unpaired) electrons. The molecule has 2 N–H and O–H groups in total. The first-order valence-corrected chi connectivity index (χ1v) is 9.75. The van der Waals surface area contributed by atoms with Gasteiger partial charge in [0.15, 0.2) is 0 Å². The third-order valence-corrected chi connectivity index (χ3v) is 5.23. The number of likely N-dealkylation sites (N-methyl/N-ethyl adjacent to an activating group) is 1. The van der Waals surface area contributed by atoms with Gasteiger partial charge in [-0.15, -0.1) is 0 Å². The number of pyridine rings is 1. The molecule has 9 nitrogen and oxygen atoms in total. The summed E-state index contributed by atoms with van der Waals surface area (Å²) in [6, 6.07) is 8.48. The number of benzene rings is 1. The average Bonchev–Trinajstić information content (AvgIpc) is 3.53. The quantitative estimate of drug-likeness (QED) is 0.571. The molecule has 2 heterocycles. The number of nitrogens with one attached hydrogen (secondary N) is 2. The summed E-state index contributed by atoms with van der Waals surface area (Å²) in [5.41, 5.74) is 1.15. The third kappa shape index (κ3) is 4.62. The van der Waals surface area contributed by atoms with Crippen LogP contribution in [0.5, 0.6) is 0 Å². The number of rotatable bonds is 6. The van der Waals surface area contributed by atoms with Gasteiger partial charge in [-0.2, -0.15) is 0 Å². The minimum absolute atomic E-state index is 0.0897. The number of carbonyl (C=O) groups excluding carboxylic acids is 1. The van der Waals surface area contributed by atoms with Crippen LogP contribution in [0.3, 0.4) is 0 Å². The number of nitro benzene ring substituents is 1. The van der Waals surface area contributed by atoms with Gasteiger partial charge in [-0.1, -0.05) is 0 Å². The van der Waals surface area contributed by atoms with Gasteiger partial charge in [0.1, 0.15) is 11.5 Å². The van der Waals surface area contributed by atoms with Crippen molar-refractivity contribution in [2.75, 3.05) is 48.8 Å². The van der Waals surface area contributed by atoms with Gasteiger partial charge in [-0.05, 0) is 44.2 Å². The van der Waals surface area contributed by atoms with Crippen LogP contribution in [0.15, 0.2) is 36.5 Å². The molecule has 2 aromatic rings. The first-order chi connectivity index (χ1) is 14.0. The second kappa shape index (κ2) is 8.04. The Labute approximate surface area is 168 Å². The van der Waals surface area contributed by atoms with E-state index in [1.54, 1.807) is 24.4 Å². The maximum absolute atomic E-state index is 12.6. The standard InChI is InChI=1S/C20H24N6O3/c1-24-8-10-25(11-9-24)19-7-5-16(13-21-19)23-20(27)14-2-6-17(22-15-3-4-15)18(12-14)26(28)29/h2,5-7,12-13,15,22H,3-4,8-11H2,1H3,(H,23,27). The molecule has 2 aliphatic rings. The number of carbonyl (C=O) groups is 1. The molecule has 0 bridgehead atoms. The molecule has 152 valence electrons. The fraction of sp³-hybridized carbons (Fsp3) is 0.400. The number of hydrogen-bond donors (Lipinski definition) is 2. The summed E-state index contributed by atoms with van der Waals surface area (Å²) in [5.74, 6) is 0.474. The molecule has 1 amide bonds. The van der Waals surface area contributed by atoms with E-state index in [1.165, 1.54) is 6.07 Å². The van der Waals surface area contributed by atoms with Gasteiger partial charge in [0, 0.05) is 43.9 Å². The summed E-state index contributed by atoms with van der Waals surface area (Å²) in [5, 5.41) is 17.3. The topological polar surface area (TPSA) is 104 Å². The minimum Gasteiger partial charge on any atom is -0.377 e. The Bertz CT molecular complexity index is 905. The summed E-state index contributed by atoms with van der Waals surface area (Å²) in [7, 11) is 2.10. The molecule has 1 saturated heterocycles. The Balaban J connectivity index is 1.43. The Morgan fingerprint density at radius 2 is 1.93 bits per heavy atom. The first kappa shape index (κ1) is 19.1. The van der Waals surface area contributed by atoms with E-state index in [-0.39, 0.29) is 11.3 Å². The molecule has 1 aromatic carbocycles. The van der Waals surface area contributed by atoms with Crippen LogP contribution < -0.4 is 15.5 Å². The molecule has 0 spiro atoms. The van der Waals surface area contributed by atoms with Crippen molar-refractivity contribution in [2.45, 2.75) is 18.9 Å². The Morgan fingerprint density at radius 1 is 1.17 bits per heavy atom. The zero-order valence-electron chi connectivity index (χ0n) is 16.3. The van der Waals surface area contributed by atoms with E-state index in [2.05, 4.69) is 32.5 Å². The monoisotopic (exact) mass is 396 g/mol. The number of anilines is 3. The van der Waals surface area contributed by atoms with E-state index in [0.717, 1.165) is 44.8 Å². The van der Waals surface area contributed by atoms with Crippen molar-refractivity contribution in [1.82, 2.24) is 9.88 Å². The van der Waals surface area contributed by atoms with Crippen LogP contribution in [0.2, 0.25) is 0 Å². The zero-order valence-corrected chi connectivity index (χ0v) is 16.3. The van der Waals surface area contributed by atoms with E-state index in [4.69, 9.17) is 0 Å². The van der Waals surface area contributed by atoms with Crippen LogP contribution in [0, 0.1) is 10.1 Å². The summed E-state index contributed by atoms with van der Waals surface area (Å²) in [6.07, 6.45) is 3.63. The summed E-state index contributed by atoms with van der Waals surface area (Å²) < 4.78 is 0. The predicted octanol–water partition coefficient (Wildman–Crippen LogP) is 2.57. The molecule has 1 aliphatic carbocycles. The Kier molecular flexibility index (Phi) is 5.30. The average molecular weight is 396 g/mol. The van der Waals surface area contributed by atoms with Crippen LogP contribution >= 0.6 is 0 Å². The van der Waals surface area contributed by atoms with E-state index in [0.29, 0.717) is 17.4 Å². The largest absolute Gasteiger partial charge is 0.377 e. The van der Waals surface area contributed by atoms with Crippen molar-refractivity contribution in [2.24, 2.45) is 0 Å². The second-order valence-corrected chi connectivity index (χ2v) is 7.56. The van der Waals surface area contributed by atoms with Crippen LogP contribution in [0.1, 0.15) is 23.2 Å². The molecular formula is C20H24N6O3.